The number of nitrogens with zero attached hydrogens (tertiary/aromatic N) is 1. The van der Waals surface area contributed by atoms with Crippen LogP contribution < -0.4 is 5.32 Å². The van der Waals surface area contributed by atoms with Crippen LogP contribution in [0.4, 0.5) is 9.18 Å². The van der Waals surface area contributed by atoms with Gasteiger partial charge in [-0.1, -0.05) is 12.1 Å². The largest absolute Gasteiger partial charge is 0.464 e. The van der Waals surface area contributed by atoms with Gasteiger partial charge in [-0.05, 0) is 38.5 Å². The Bertz CT molecular complexity index is 765. The number of oxazole rings is 1. The summed E-state index contributed by atoms with van der Waals surface area (Å²) in [6.45, 7) is 5.21. The second-order valence-corrected chi connectivity index (χ2v) is 6.59. The Labute approximate surface area is 150 Å². The van der Waals surface area contributed by atoms with Crippen LogP contribution in [0.1, 0.15) is 48.8 Å². The highest BCUT2D eigenvalue weighted by atomic mass is 19.1. The molecule has 0 saturated heterocycles. The van der Waals surface area contributed by atoms with Gasteiger partial charge in [-0.25, -0.2) is 19.0 Å². The van der Waals surface area contributed by atoms with Crippen LogP contribution in [0.5, 0.6) is 0 Å². The van der Waals surface area contributed by atoms with Crippen LogP contribution in [0.15, 0.2) is 34.9 Å². The molecule has 7 nitrogen and oxygen atoms in total. The number of nitrogens with one attached hydrogen (secondary N) is 1. The average Bonchev–Trinajstić information content (AvgIpc) is 3.03. The molecule has 0 aliphatic rings. The van der Waals surface area contributed by atoms with Crippen LogP contribution in [-0.2, 0) is 15.9 Å². The summed E-state index contributed by atoms with van der Waals surface area (Å²) in [5.41, 5.74) is 0.0426. The van der Waals surface area contributed by atoms with E-state index in [0.717, 1.165) is 11.8 Å². The van der Waals surface area contributed by atoms with E-state index in [2.05, 4.69) is 15.0 Å². The van der Waals surface area contributed by atoms with Crippen molar-refractivity contribution in [1.82, 2.24) is 10.3 Å². The van der Waals surface area contributed by atoms with Crippen molar-refractivity contribution in [3.8, 4) is 0 Å². The van der Waals surface area contributed by atoms with Gasteiger partial charge in [-0.3, -0.25) is 0 Å². The third kappa shape index (κ3) is 5.58. The minimum atomic E-state index is -0.714. The number of carbonyl (C=O) groups excluding carboxylic acids is 2. The molecule has 0 unspecified atom stereocenters. The van der Waals surface area contributed by atoms with Crippen LogP contribution in [-0.4, -0.2) is 29.8 Å². The van der Waals surface area contributed by atoms with Crippen molar-refractivity contribution in [2.75, 3.05) is 7.11 Å². The maximum absolute atomic E-state index is 13.1. The third-order valence-electron chi connectivity index (χ3n) is 3.26. The van der Waals surface area contributed by atoms with Crippen LogP contribution >= 0.6 is 0 Å². The summed E-state index contributed by atoms with van der Waals surface area (Å²) >= 11 is 0. The molecule has 0 saturated carbocycles. The number of amides is 1. The number of hydrogen-bond acceptors (Lipinski definition) is 6. The summed E-state index contributed by atoms with van der Waals surface area (Å²) in [5.74, 6) is -0.909. The Morgan fingerprint density at radius 1 is 1.27 bits per heavy atom. The lowest BCUT2D eigenvalue weighted by Gasteiger charge is -2.22. The van der Waals surface area contributed by atoms with Crippen LogP contribution in [0.2, 0.25) is 0 Å². The molecule has 1 amide bonds. The van der Waals surface area contributed by atoms with Crippen molar-refractivity contribution < 1.29 is 27.9 Å². The van der Waals surface area contributed by atoms with Gasteiger partial charge in [0.1, 0.15) is 23.7 Å². The molecule has 2 rings (SSSR count). The molecule has 26 heavy (non-hydrogen) atoms. The number of methoxy groups -OCH3 is 1. The first-order valence-corrected chi connectivity index (χ1v) is 7.95. The van der Waals surface area contributed by atoms with E-state index in [1.807, 2.05) is 0 Å². The Hall–Kier alpha value is -2.90. The lowest BCUT2D eigenvalue weighted by molar-refractivity contribution is 0.0495. The average molecular weight is 364 g/mol. The van der Waals surface area contributed by atoms with E-state index in [1.54, 1.807) is 32.9 Å². The first kappa shape index (κ1) is 19.4. The van der Waals surface area contributed by atoms with Crippen molar-refractivity contribution in [3.63, 3.8) is 0 Å². The molecule has 0 aliphatic carbocycles. The number of rotatable bonds is 5. The highest BCUT2D eigenvalue weighted by Crippen LogP contribution is 2.20. The molecule has 0 fully saturated rings. The Balaban J connectivity index is 2.22. The number of aromatic nitrogens is 1. The summed E-state index contributed by atoms with van der Waals surface area (Å²) in [4.78, 5) is 27.7. The molecule has 1 aromatic carbocycles. The number of alkyl carbamates (subject to hydrolysis) is 1. The lowest BCUT2D eigenvalue weighted by atomic mass is 10.1. The summed E-state index contributed by atoms with van der Waals surface area (Å²) < 4.78 is 28.3. The maximum atomic E-state index is 13.1. The summed E-state index contributed by atoms with van der Waals surface area (Å²) in [6, 6.07) is 5.09. The third-order valence-corrected chi connectivity index (χ3v) is 3.26. The van der Waals surface area contributed by atoms with Crippen LogP contribution in [0.3, 0.4) is 0 Å². The monoisotopic (exact) mass is 364 g/mol. The van der Waals surface area contributed by atoms with Crippen LogP contribution in [0, 0.1) is 5.82 Å². The van der Waals surface area contributed by atoms with Gasteiger partial charge in [0.2, 0.25) is 5.89 Å². The van der Waals surface area contributed by atoms with Gasteiger partial charge in [0, 0.05) is 6.42 Å². The molecule has 2 aromatic rings. The lowest BCUT2D eigenvalue weighted by Crippen LogP contribution is -2.36. The number of carbonyl (C=O) groups is 2. The number of benzene rings is 1. The first-order chi connectivity index (χ1) is 12.2. The topological polar surface area (TPSA) is 90.7 Å². The number of esters is 1. The van der Waals surface area contributed by atoms with Gasteiger partial charge in [-0.2, -0.15) is 0 Å². The SMILES string of the molecule is COC(=O)c1coc([C@H](Cc2ccc(F)cc2)NC(=O)OC(C)(C)C)n1. The van der Waals surface area contributed by atoms with Gasteiger partial charge in [0.25, 0.3) is 0 Å². The predicted molar refractivity (Wildman–Crippen MR) is 90.1 cm³/mol. The predicted octanol–water partition coefficient (Wildman–Crippen LogP) is 3.41. The van der Waals surface area contributed by atoms with Gasteiger partial charge in [-0.15, -0.1) is 0 Å². The molecule has 1 N–H and O–H groups in total. The van der Waals surface area contributed by atoms with E-state index in [-0.39, 0.29) is 23.8 Å². The zero-order chi connectivity index (χ0) is 19.3. The quantitative estimate of drug-likeness (QED) is 0.818. The molecular formula is C18H21FN2O5. The van der Waals surface area contributed by atoms with Gasteiger partial charge in [0.15, 0.2) is 5.69 Å². The highest BCUT2D eigenvalue weighted by Gasteiger charge is 2.25. The van der Waals surface area contributed by atoms with Crippen molar-refractivity contribution >= 4 is 12.1 Å². The minimum absolute atomic E-state index is 0.0161. The number of ether oxygens (including phenoxy) is 2. The standard InChI is InChI=1S/C18H21FN2O5/c1-18(2,3)26-17(23)21-13(9-11-5-7-12(19)8-6-11)15-20-14(10-25-15)16(22)24-4/h5-8,10,13H,9H2,1-4H3,(H,21,23)/t13-/m0/s1. The maximum Gasteiger partial charge on any atom is 0.408 e. The normalized spacial score (nSPS) is 12.3. The fraction of sp³-hybridized carbons (Fsp3) is 0.389. The van der Waals surface area contributed by atoms with Crippen LogP contribution in [0.25, 0.3) is 0 Å². The van der Waals surface area contributed by atoms with E-state index < -0.39 is 23.7 Å². The number of hydrogen-bond donors (Lipinski definition) is 1. The minimum Gasteiger partial charge on any atom is -0.464 e. The molecule has 8 heteroatoms. The van der Waals surface area contributed by atoms with Crippen molar-refractivity contribution in [2.45, 2.75) is 38.8 Å². The second-order valence-electron chi connectivity index (χ2n) is 6.59. The summed E-state index contributed by atoms with van der Waals surface area (Å²) in [5, 5.41) is 2.66. The molecule has 1 heterocycles. The molecule has 1 aromatic heterocycles. The van der Waals surface area contributed by atoms with Gasteiger partial charge < -0.3 is 19.2 Å². The summed E-state index contributed by atoms with van der Waals surface area (Å²) in [6.07, 6.45) is 0.749. The van der Waals surface area contributed by atoms with E-state index in [0.29, 0.717) is 0 Å². The van der Waals surface area contributed by atoms with Crippen molar-refractivity contribution in [3.05, 3.63) is 53.5 Å². The number of halogens is 1. The van der Waals surface area contributed by atoms with E-state index in [9.17, 15) is 14.0 Å². The zero-order valence-electron chi connectivity index (χ0n) is 15.0. The fourth-order valence-corrected chi connectivity index (χ4v) is 2.15. The summed E-state index contributed by atoms with van der Waals surface area (Å²) in [7, 11) is 1.23. The van der Waals surface area contributed by atoms with Crippen molar-refractivity contribution in [2.24, 2.45) is 0 Å². The molecule has 0 bridgehead atoms. The fourth-order valence-electron chi connectivity index (χ4n) is 2.15. The highest BCUT2D eigenvalue weighted by molar-refractivity contribution is 5.86. The molecule has 1 atom stereocenters. The molecule has 140 valence electrons. The molecule has 0 aliphatic heterocycles. The Morgan fingerprint density at radius 2 is 1.92 bits per heavy atom. The van der Waals surface area contributed by atoms with E-state index in [1.165, 1.54) is 19.2 Å². The van der Waals surface area contributed by atoms with Gasteiger partial charge in [0.05, 0.1) is 7.11 Å². The molecule has 0 radical (unpaired) electrons. The zero-order valence-corrected chi connectivity index (χ0v) is 15.0. The Morgan fingerprint density at radius 3 is 2.50 bits per heavy atom. The second kappa shape index (κ2) is 7.99. The molecule has 0 spiro atoms. The Kier molecular flexibility index (Phi) is 5.97. The van der Waals surface area contributed by atoms with Crippen molar-refractivity contribution in [1.29, 1.82) is 0 Å². The molecular weight excluding hydrogens is 343 g/mol. The first-order valence-electron chi connectivity index (χ1n) is 7.95. The van der Waals surface area contributed by atoms with E-state index in [4.69, 9.17) is 9.15 Å². The smallest absolute Gasteiger partial charge is 0.408 e. The van der Waals surface area contributed by atoms with E-state index >= 15 is 0 Å². The van der Waals surface area contributed by atoms with Gasteiger partial charge >= 0.3 is 12.1 Å².